The fraction of sp³-hybridized carbons (Fsp3) is 0.733. The summed E-state index contributed by atoms with van der Waals surface area (Å²) >= 11 is 0. The van der Waals surface area contributed by atoms with Crippen molar-refractivity contribution in [2.75, 3.05) is 0 Å². The van der Waals surface area contributed by atoms with Crippen LogP contribution in [0.15, 0.2) is 23.8 Å². The molecule has 92 valence electrons. The van der Waals surface area contributed by atoms with Crippen LogP contribution >= 0.6 is 0 Å². The molecule has 0 unspecified atom stereocenters. The second-order valence-electron chi connectivity index (χ2n) is 5.79. The second kappa shape index (κ2) is 5.67. The molecular formula is C15H26O. The van der Waals surface area contributed by atoms with Gasteiger partial charge in [-0.15, -0.1) is 0 Å². The van der Waals surface area contributed by atoms with E-state index in [1.54, 1.807) is 0 Å². The van der Waals surface area contributed by atoms with Crippen LogP contribution in [0, 0.1) is 11.8 Å². The highest BCUT2D eigenvalue weighted by molar-refractivity contribution is 5.05. The Morgan fingerprint density at radius 3 is 2.56 bits per heavy atom. The van der Waals surface area contributed by atoms with E-state index in [9.17, 15) is 5.11 Å². The third-order valence-corrected chi connectivity index (χ3v) is 3.54. The van der Waals surface area contributed by atoms with Crippen LogP contribution in [-0.2, 0) is 0 Å². The molecule has 2 atom stereocenters. The Balaban J connectivity index is 2.76. The van der Waals surface area contributed by atoms with Gasteiger partial charge in [-0.05, 0) is 52.4 Å². The summed E-state index contributed by atoms with van der Waals surface area (Å²) in [6.45, 7) is 8.29. The molecule has 1 N–H and O–H groups in total. The van der Waals surface area contributed by atoms with E-state index >= 15 is 0 Å². The molecule has 0 bridgehead atoms. The first-order chi connectivity index (χ1) is 7.39. The molecule has 1 heteroatoms. The molecule has 16 heavy (non-hydrogen) atoms. The summed E-state index contributed by atoms with van der Waals surface area (Å²) in [6, 6.07) is 0. The van der Waals surface area contributed by atoms with E-state index in [1.165, 1.54) is 18.4 Å². The average molecular weight is 222 g/mol. The zero-order valence-corrected chi connectivity index (χ0v) is 11.2. The van der Waals surface area contributed by atoms with Gasteiger partial charge in [-0.3, -0.25) is 0 Å². The van der Waals surface area contributed by atoms with Gasteiger partial charge in [-0.25, -0.2) is 0 Å². The molecule has 1 nitrogen and oxygen atoms in total. The lowest BCUT2D eigenvalue weighted by Gasteiger charge is -2.27. The summed E-state index contributed by atoms with van der Waals surface area (Å²) in [7, 11) is 0. The fourth-order valence-electron chi connectivity index (χ4n) is 2.18. The van der Waals surface area contributed by atoms with Crippen molar-refractivity contribution >= 4 is 0 Å². The monoisotopic (exact) mass is 222 g/mol. The smallest absolute Gasteiger partial charge is 0.0654 e. The van der Waals surface area contributed by atoms with Crippen molar-refractivity contribution in [2.45, 2.75) is 59.0 Å². The van der Waals surface area contributed by atoms with Gasteiger partial charge in [0.15, 0.2) is 0 Å². The van der Waals surface area contributed by atoms with Crippen molar-refractivity contribution in [3.8, 4) is 0 Å². The summed E-state index contributed by atoms with van der Waals surface area (Å²) in [5, 5.41) is 10.1. The minimum absolute atomic E-state index is 0.274. The van der Waals surface area contributed by atoms with E-state index < -0.39 is 5.60 Å². The molecule has 0 aromatic carbocycles. The van der Waals surface area contributed by atoms with Crippen LogP contribution in [0.2, 0.25) is 0 Å². The first-order valence-electron chi connectivity index (χ1n) is 6.46. The van der Waals surface area contributed by atoms with Gasteiger partial charge in [0.05, 0.1) is 5.60 Å². The molecule has 1 aliphatic rings. The molecule has 0 fully saturated rings. The van der Waals surface area contributed by atoms with Crippen LogP contribution in [-0.4, -0.2) is 10.7 Å². The Morgan fingerprint density at radius 2 is 1.94 bits per heavy atom. The minimum atomic E-state index is -0.601. The second-order valence-corrected chi connectivity index (χ2v) is 5.79. The summed E-state index contributed by atoms with van der Waals surface area (Å²) in [5.41, 5.74) is 0.868. The van der Waals surface area contributed by atoms with Crippen molar-refractivity contribution in [3.05, 3.63) is 23.8 Å². The number of hydrogen-bond donors (Lipinski definition) is 1. The molecule has 0 saturated carbocycles. The van der Waals surface area contributed by atoms with Crippen molar-refractivity contribution in [1.29, 1.82) is 0 Å². The van der Waals surface area contributed by atoms with Gasteiger partial charge < -0.3 is 5.11 Å². The molecule has 0 aromatic heterocycles. The third kappa shape index (κ3) is 4.52. The van der Waals surface area contributed by atoms with Gasteiger partial charge >= 0.3 is 0 Å². The van der Waals surface area contributed by atoms with E-state index in [0.717, 1.165) is 12.8 Å². The van der Waals surface area contributed by atoms with Crippen LogP contribution in [0.3, 0.4) is 0 Å². The molecule has 0 aromatic rings. The zero-order valence-electron chi connectivity index (χ0n) is 11.2. The number of allylic oxidation sites excluding steroid dienone is 3. The van der Waals surface area contributed by atoms with Gasteiger partial charge in [0, 0.05) is 5.92 Å². The maximum atomic E-state index is 10.1. The maximum Gasteiger partial charge on any atom is 0.0654 e. The summed E-state index contributed by atoms with van der Waals surface area (Å²) in [5.74, 6) is 0.892. The quantitative estimate of drug-likeness (QED) is 0.663. The molecule has 0 heterocycles. The molecule has 1 aliphatic carbocycles. The molecule has 0 radical (unpaired) electrons. The normalized spacial score (nSPS) is 30.7. The number of rotatable bonds is 1. The molecule has 0 aliphatic heterocycles. The van der Waals surface area contributed by atoms with Crippen molar-refractivity contribution in [3.63, 3.8) is 0 Å². The van der Waals surface area contributed by atoms with E-state index in [1.807, 2.05) is 13.8 Å². The predicted octanol–water partition coefficient (Wildman–Crippen LogP) is 4.09. The topological polar surface area (TPSA) is 20.2 Å². The Labute approximate surface area is 100 Å². The first kappa shape index (κ1) is 13.5. The minimum Gasteiger partial charge on any atom is -0.390 e. The number of hydrogen-bond acceptors (Lipinski definition) is 1. The lowest BCUT2D eigenvalue weighted by atomic mass is 9.84. The Kier molecular flexibility index (Phi) is 4.79. The lowest BCUT2D eigenvalue weighted by Crippen LogP contribution is -2.29. The van der Waals surface area contributed by atoms with Crippen molar-refractivity contribution in [2.24, 2.45) is 11.8 Å². The molecule has 0 amide bonds. The van der Waals surface area contributed by atoms with Crippen molar-refractivity contribution in [1.82, 2.24) is 0 Å². The Morgan fingerprint density at radius 1 is 1.25 bits per heavy atom. The van der Waals surface area contributed by atoms with Gasteiger partial charge in [0.1, 0.15) is 0 Å². The third-order valence-electron chi connectivity index (χ3n) is 3.54. The first-order valence-corrected chi connectivity index (χ1v) is 6.46. The summed E-state index contributed by atoms with van der Waals surface area (Å²) in [4.78, 5) is 0. The highest BCUT2D eigenvalue weighted by Gasteiger charge is 2.24. The predicted molar refractivity (Wildman–Crippen MR) is 70.3 cm³/mol. The highest BCUT2D eigenvalue weighted by Crippen LogP contribution is 2.27. The SMILES string of the molecule is CC1=CCC[C@H](C)/C=C/[C@H](C(C)(C)O)CC1. The van der Waals surface area contributed by atoms with E-state index in [4.69, 9.17) is 0 Å². The van der Waals surface area contributed by atoms with Gasteiger partial charge in [0.25, 0.3) is 0 Å². The zero-order chi connectivity index (χ0) is 12.2. The van der Waals surface area contributed by atoms with Crippen LogP contribution in [0.1, 0.15) is 53.4 Å². The van der Waals surface area contributed by atoms with E-state index in [-0.39, 0.29) is 5.92 Å². The number of aliphatic hydroxyl groups is 1. The summed E-state index contributed by atoms with van der Waals surface area (Å²) < 4.78 is 0. The Hall–Kier alpha value is -0.560. The fourth-order valence-corrected chi connectivity index (χ4v) is 2.18. The largest absolute Gasteiger partial charge is 0.390 e. The highest BCUT2D eigenvalue weighted by atomic mass is 16.3. The van der Waals surface area contributed by atoms with Crippen LogP contribution in [0.5, 0.6) is 0 Å². The summed E-state index contributed by atoms with van der Waals surface area (Å²) in [6.07, 6.45) is 11.4. The standard InChI is InChI=1S/C15H26O/c1-12-6-5-7-13(2)9-11-14(10-8-12)15(3,4)16/h6,9,11,13-14,16H,5,7-8,10H2,1-4H3/b11-9+,12-6?/t13-,14+/m0/s1. The van der Waals surface area contributed by atoms with E-state index in [2.05, 4.69) is 32.1 Å². The maximum absolute atomic E-state index is 10.1. The Bertz CT molecular complexity index is 268. The van der Waals surface area contributed by atoms with Crippen LogP contribution in [0.4, 0.5) is 0 Å². The van der Waals surface area contributed by atoms with Gasteiger partial charge in [0.2, 0.25) is 0 Å². The average Bonchev–Trinajstić information content (AvgIpc) is 2.15. The molecule has 0 saturated heterocycles. The lowest BCUT2D eigenvalue weighted by molar-refractivity contribution is 0.0336. The van der Waals surface area contributed by atoms with Crippen molar-refractivity contribution < 1.29 is 5.11 Å². The van der Waals surface area contributed by atoms with Crippen LogP contribution in [0.25, 0.3) is 0 Å². The molecule has 0 spiro atoms. The van der Waals surface area contributed by atoms with Crippen LogP contribution < -0.4 is 0 Å². The molecular weight excluding hydrogens is 196 g/mol. The van der Waals surface area contributed by atoms with E-state index in [0.29, 0.717) is 5.92 Å². The van der Waals surface area contributed by atoms with Gasteiger partial charge in [-0.1, -0.05) is 30.7 Å². The van der Waals surface area contributed by atoms with Gasteiger partial charge in [-0.2, -0.15) is 0 Å². The molecule has 1 rings (SSSR count).